The Bertz CT molecular complexity index is 309. The minimum absolute atomic E-state index is 0.167. The number of nitrogens with zero attached hydrogens (tertiary/aromatic N) is 1. The van der Waals surface area contributed by atoms with Gasteiger partial charge in [0.15, 0.2) is 0 Å². The molecule has 3 heteroatoms. The molecule has 0 radical (unpaired) electrons. The number of hydrogen-bond donors (Lipinski definition) is 1. The van der Waals surface area contributed by atoms with Crippen LogP contribution in [-0.2, 0) is 4.79 Å². The van der Waals surface area contributed by atoms with Crippen molar-refractivity contribution in [3.63, 3.8) is 0 Å². The van der Waals surface area contributed by atoms with E-state index in [4.69, 9.17) is 0 Å². The van der Waals surface area contributed by atoms with E-state index in [2.05, 4.69) is 4.90 Å². The van der Waals surface area contributed by atoms with E-state index in [9.17, 15) is 9.90 Å². The monoisotopic (exact) mass is 265 g/mol. The molecule has 0 spiro atoms. The maximum Gasteiger partial charge on any atom is 0.223 e. The van der Waals surface area contributed by atoms with E-state index >= 15 is 0 Å². The molecule has 3 aliphatic rings. The van der Waals surface area contributed by atoms with Crippen LogP contribution in [0.15, 0.2) is 0 Å². The van der Waals surface area contributed by atoms with Crippen LogP contribution in [-0.4, -0.2) is 34.1 Å². The van der Waals surface area contributed by atoms with Crippen LogP contribution in [0.3, 0.4) is 0 Å². The first-order chi connectivity index (χ1) is 9.24. The van der Waals surface area contributed by atoms with Crippen molar-refractivity contribution in [1.82, 2.24) is 4.90 Å². The van der Waals surface area contributed by atoms with Gasteiger partial charge in [0, 0.05) is 18.5 Å². The number of carbonyl (C=O) groups excluding carboxylic acids is 1. The van der Waals surface area contributed by atoms with Crippen molar-refractivity contribution in [2.24, 2.45) is 5.92 Å². The summed E-state index contributed by atoms with van der Waals surface area (Å²) in [6.07, 6.45) is 12.3. The minimum atomic E-state index is -0.167. The zero-order chi connectivity index (χ0) is 13.2. The molecule has 3 rings (SSSR count). The molecule has 1 N–H and O–H groups in total. The summed E-state index contributed by atoms with van der Waals surface area (Å²) in [5.74, 6) is 1.01. The van der Waals surface area contributed by atoms with Crippen LogP contribution in [0.2, 0.25) is 0 Å². The maximum atomic E-state index is 12.6. The van der Waals surface area contributed by atoms with Gasteiger partial charge in [-0.3, -0.25) is 4.79 Å². The van der Waals surface area contributed by atoms with Crippen molar-refractivity contribution in [1.29, 1.82) is 0 Å². The first-order valence-electron chi connectivity index (χ1n) is 8.23. The highest BCUT2D eigenvalue weighted by molar-refractivity contribution is 5.77. The third kappa shape index (κ3) is 2.96. The summed E-state index contributed by atoms with van der Waals surface area (Å²) in [4.78, 5) is 14.7. The summed E-state index contributed by atoms with van der Waals surface area (Å²) < 4.78 is 0. The quantitative estimate of drug-likeness (QED) is 0.780. The standard InChI is InChI=1S/C16H27NO2/c18-15-10-13-7-8-14(11-15)17(13)16(19)9-12-5-3-1-2-4-6-12/h12-15,18H,1-11H2. The second kappa shape index (κ2) is 5.82. The number of piperidine rings is 1. The van der Waals surface area contributed by atoms with E-state index < -0.39 is 0 Å². The molecule has 108 valence electrons. The fourth-order valence-corrected chi connectivity index (χ4v) is 4.48. The Morgan fingerprint density at radius 2 is 1.53 bits per heavy atom. The highest BCUT2D eigenvalue weighted by Gasteiger charge is 2.42. The molecule has 2 bridgehead atoms. The van der Waals surface area contributed by atoms with Crippen molar-refractivity contribution >= 4 is 5.91 Å². The third-order valence-electron chi connectivity index (χ3n) is 5.43. The second-order valence-corrected chi connectivity index (χ2v) is 6.87. The van der Waals surface area contributed by atoms with E-state index in [1.54, 1.807) is 0 Å². The molecule has 19 heavy (non-hydrogen) atoms. The van der Waals surface area contributed by atoms with Gasteiger partial charge >= 0.3 is 0 Å². The molecule has 1 aliphatic carbocycles. The third-order valence-corrected chi connectivity index (χ3v) is 5.43. The van der Waals surface area contributed by atoms with Crippen molar-refractivity contribution in [3.05, 3.63) is 0 Å². The summed E-state index contributed by atoms with van der Waals surface area (Å²) >= 11 is 0. The summed E-state index contributed by atoms with van der Waals surface area (Å²) in [6, 6.07) is 0.680. The number of aliphatic hydroxyl groups is 1. The summed E-state index contributed by atoms with van der Waals surface area (Å²) in [5, 5.41) is 9.81. The average Bonchev–Trinajstić information content (AvgIpc) is 2.58. The number of fused-ring (bicyclic) bond motifs is 2. The fourth-order valence-electron chi connectivity index (χ4n) is 4.48. The Morgan fingerprint density at radius 1 is 0.947 bits per heavy atom. The number of hydrogen-bond acceptors (Lipinski definition) is 2. The molecule has 2 heterocycles. The van der Waals surface area contributed by atoms with E-state index in [0.29, 0.717) is 23.9 Å². The van der Waals surface area contributed by atoms with Gasteiger partial charge in [-0.2, -0.15) is 0 Å². The lowest BCUT2D eigenvalue weighted by molar-refractivity contribution is -0.138. The molecule has 2 unspecified atom stereocenters. The van der Waals surface area contributed by atoms with Crippen LogP contribution >= 0.6 is 0 Å². The first-order valence-corrected chi connectivity index (χ1v) is 8.23. The van der Waals surface area contributed by atoms with Crippen LogP contribution in [0.1, 0.15) is 70.6 Å². The Kier molecular flexibility index (Phi) is 4.11. The zero-order valence-electron chi connectivity index (χ0n) is 11.9. The minimum Gasteiger partial charge on any atom is -0.393 e. The second-order valence-electron chi connectivity index (χ2n) is 6.87. The van der Waals surface area contributed by atoms with Gasteiger partial charge in [-0.1, -0.05) is 25.7 Å². The van der Waals surface area contributed by atoms with Gasteiger partial charge in [0.05, 0.1) is 6.10 Å². The molecule has 0 aromatic rings. The normalized spacial score (nSPS) is 36.3. The predicted molar refractivity (Wildman–Crippen MR) is 74.7 cm³/mol. The van der Waals surface area contributed by atoms with Gasteiger partial charge in [0.1, 0.15) is 0 Å². The lowest BCUT2D eigenvalue weighted by Gasteiger charge is -2.38. The van der Waals surface area contributed by atoms with E-state index in [0.717, 1.165) is 32.1 Å². The largest absolute Gasteiger partial charge is 0.393 e. The summed E-state index contributed by atoms with van der Waals surface area (Å²) in [6.45, 7) is 0. The molecule has 2 aliphatic heterocycles. The molecular weight excluding hydrogens is 238 g/mol. The zero-order valence-corrected chi connectivity index (χ0v) is 11.9. The summed E-state index contributed by atoms with van der Waals surface area (Å²) in [5.41, 5.74) is 0. The van der Waals surface area contributed by atoms with Gasteiger partial charge in [-0.25, -0.2) is 0 Å². The summed E-state index contributed by atoms with van der Waals surface area (Å²) in [7, 11) is 0. The topological polar surface area (TPSA) is 40.5 Å². The number of aliphatic hydroxyl groups excluding tert-OH is 1. The van der Waals surface area contributed by atoms with Gasteiger partial charge in [0.2, 0.25) is 5.91 Å². The number of amides is 1. The van der Waals surface area contributed by atoms with Crippen LogP contribution < -0.4 is 0 Å². The fraction of sp³-hybridized carbons (Fsp3) is 0.938. The Morgan fingerprint density at radius 3 is 2.11 bits per heavy atom. The molecule has 1 saturated carbocycles. The van der Waals surface area contributed by atoms with E-state index in [1.165, 1.54) is 38.5 Å². The van der Waals surface area contributed by atoms with Crippen LogP contribution in [0.5, 0.6) is 0 Å². The maximum absolute atomic E-state index is 12.6. The molecule has 3 fully saturated rings. The smallest absolute Gasteiger partial charge is 0.223 e. The van der Waals surface area contributed by atoms with E-state index in [-0.39, 0.29) is 6.10 Å². The van der Waals surface area contributed by atoms with Crippen LogP contribution in [0.4, 0.5) is 0 Å². The average molecular weight is 265 g/mol. The van der Waals surface area contributed by atoms with Gasteiger partial charge < -0.3 is 10.0 Å². The molecule has 1 amide bonds. The van der Waals surface area contributed by atoms with Crippen LogP contribution in [0, 0.1) is 5.92 Å². The highest BCUT2D eigenvalue weighted by Crippen LogP contribution is 2.37. The molecule has 0 aromatic heterocycles. The molecule has 0 aromatic carbocycles. The lowest BCUT2D eigenvalue weighted by Crippen LogP contribution is -2.48. The molecule has 3 nitrogen and oxygen atoms in total. The highest BCUT2D eigenvalue weighted by atomic mass is 16.3. The SMILES string of the molecule is O=C(CC1CCCCCC1)N1C2CCC1CC(O)C2. The van der Waals surface area contributed by atoms with Crippen molar-refractivity contribution in [2.45, 2.75) is 88.8 Å². The van der Waals surface area contributed by atoms with Gasteiger partial charge in [0.25, 0.3) is 0 Å². The van der Waals surface area contributed by atoms with E-state index in [1.807, 2.05) is 0 Å². The molecule has 2 atom stereocenters. The Labute approximate surface area is 116 Å². The van der Waals surface area contributed by atoms with Crippen molar-refractivity contribution in [3.8, 4) is 0 Å². The number of carbonyl (C=O) groups is 1. The Hall–Kier alpha value is -0.570. The van der Waals surface area contributed by atoms with Crippen molar-refractivity contribution < 1.29 is 9.90 Å². The Balaban J connectivity index is 1.58. The first kappa shape index (κ1) is 13.4. The van der Waals surface area contributed by atoms with Crippen molar-refractivity contribution in [2.75, 3.05) is 0 Å². The predicted octanol–water partition coefficient (Wildman–Crippen LogP) is 2.86. The molecular formula is C16H27NO2. The van der Waals surface area contributed by atoms with Gasteiger partial charge in [-0.15, -0.1) is 0 Å². The van der Waals surface area contributed by atoms with Gasteiger partial charge in [-0.05, 0) is 44.4 Å². The lowest BCUT2D eigenvalue weighted by atomic mass is 9.93. The van der Waals surface area contributed by atoms with Crippen LogP contribution in [0.25, 0.3) is 0 Å². The molecule has 2 saturated heterocycles. The number of rotatable bonds is 2.